The Morgan fingerprint density at radius 3 is 2.29 bits per heavy atom. The summed E-state index contributed by atoms with van der Waals surface area (Å²) in [5.41, 5.74) is 0.903. The normalized spacial score (nSPS) is 9.94. The Morgan fingerprint density at radius 1 is 1.00 bits per heavy atom. The van der Waals surface area contributed by atoms with Gasteiger partial charge in [0.1, 0.15) is 5.75 Å². The van der Waals surface area contributed by atoms with Crippen LogP contribution in [0.5, 0.6) is 11.5 Å². The van der Waals surface area contributed by atoms with E-state index in [-0.39, 0.29) is 11.2 Å². The van der Waals surface area contributed by atoms with Crippen LogP contribution in [0.1, 0.15) is 0 Å². The van der Waals surface area contributed by atoms with Gasteiger partial charge in [-0.2, -0.15) is 0 Å². The first kappa shape index (κ1) is 11.2. The average Bonchev–Trinajstić information content (AvgIpc) is 2.53. The van der Waals surface area contributed by atoms with Gasteiger partial charge in [-0.05, 0) is 23.8 Å². The third-order valence-corrected chi connectivity index (χ3v) is 2.51. The van der Waals surface area contributed by atoms with Crippen LogP contribution in [-0.4, -0.2) is 12.2 Å². The van der Waals surface area contributed by atoms with E-state index in [1.54, 1.807) is 49.6 Å². The summed E-state index contributed by atoms with van der Waals surface area (Å²) in [6.07, 6.45) is 0. The van der Waals surface area contributed by atoms with Crippen molar-refractivity contribution in [1.82, 2.24) is 0 Å². The predicted octanol–water partition coefficient (Wildman–Crippen LogP) is 2.43. The van der Waals surface area contributed by atoms with E-state index in [4.69, 9.17) is 4.74 Å². The second kappa shape index (κ2) is 4.70. The molecule has 0 heterocycles. The van der Waals surface area contributed by atoms with Crippen LogP contribution in [-0.2, 0) is 0 Å². The van der Waals surface area contributed by atoms with Crippen LogP contribution in [0.15, 0.2) is 53.3 Å². The third-order valence-electron chi connectivity index (χ3n) is 2.51. The molecule has 0 fully saturated rings. The first-order valence-corrected chi connectivity index (χ1v) is 5.19. The summed E-state index contributed by atoms with van der Waals surface area (Å²) in [5, 5.41) is 9.79. The van der Waals surface area contributed by atoms with Crippen LogP contribution in [0.2, 0.25) is 0 Å². The molecule has 3 nitrogen and oxygen atoms in total. The quantitative estimate of drug-likeness (QED) is 0.858. The van der Waals surface area contributed by atoms with Crippen molar-refractivity contribution in [2.24, 2.45) is 0 Å². The van der Waals surface area contributed by atoms with Gasteiger partial charge >= 0.3 is 0 Å². The third kappa shape index (κ3) is 2.28. The van der Waals surface area contributed by atoms with Crippen molar-refractivity contribution in [3.05, 3.63) is 58.8 Å². The number of hydrogen-bond acceptors (Lipinski definition) is 3. The Hall–Kier alpha value is -2.29. The Bertz CT molecular complexity index is 574. The standard InChI is InChI=1S/C14H12O3/c1-17-11-8-6-10(7-9-11)12-4-2-3-5-13(15)14(12)16/h2-9H,1H3,(H,15,16). The second-order valence-corrected chi connectivity index (χ2v) is 3.57. The molecule has 2 aromatic rings. The van der Waals surface area contributed by atoms with Crippen molar-refractivity contribution in [3.63, 3.8) is 0 Å². The van der Waals surface area contributed by atoms with E-state index < -0.39 is 0 Å². The van der Waals surface area contributed by atoms with Crippen molar-refractivity contribution in [2.45, 2.75) is 0 Å². The van der Waals surface area contributed by atoms with E-state index in [1.165, 1.54) is 6.07 Å². The Labute approximate surface area is 98.9 Å². The number of rotatable bonds is 2. The maximum absolute atomic E-state index is 11.5. The predicted molar refractivity (Wildman–Crippen MR) is 66.4 cm³/mol. The highest BCUT2D eigenvalue weighted by Crippen LogP contribution is 2.26. The van der Waals surface area contributed by atoms with Gasteiger partial charge < -0.3 is 9.84 Å². The molecule has 0 saturated carbocycles. The molecule has 0 saturated heterocycles. The minimum atomic E-state index is -0.388. The van der Waals surface area contributed by atoms with Crippen LogP contribution in [0, 0.1) is 0 Å². The SMILES string of the molecule is COc1ccc(-c2ccccc(=O)c2O)cc1. The molecular formula is C14H12O3. The van der Waals surface area contributed by atoms with E-state index in [2.05, 4.69) is 0 Å². The van der Waals surface area contributed by atoms with Crippen LogP contribution < -0.4 is 10.2 Å². The smallest absolute Gasteiger partial charge is 0.220 e. The molecule has 17 heavy (non-hydrogen) atoms. The fourth-order valence-electron chi connectivity index (χ4n) is 1.59. The molecule has 0 bridgehead atoms. The summed E-state index contributed by atoms with van der Waals surface area (Å²) < 4.78 is 5.05. The molecule has 3 heteroatoms. The summed E-state index contributed by atoms with van der Waals surface area (Å²) in [6, 6.07) is 13.5. The topological polar surface area (TPSA) is 46.5 Å². The Morgan fingerprint density at radius 2 is 1.65 bits per heavy atom. The van der Waals surface area contributed by atoms with Gasteiger partial charge in [0.25, 0.3) is 0 Å². The number of ether oxygens (including phenoxy) is 1. The summed E-state index contributed by atoms with van der Waals surface area (Å²) >= 11 is 0. The minimum absolute atomic E-state index is 0.236. The molecule has 0 aromatic heterocycles. The van der Waals surface area contributed by atoms with E-state index in [0.29, 0.717) is 5.56 Å². The van der Waals surface area contributed by atoms with Crippen molar-refractivity contribution in [2.75, 3.05) is 7.11 Å². The monoisotopic (exact) mass is 228 g/mol. The van der Waals surface area contributed by atoms with Crippen molar-refractivity contribution in [3.8, 4) is 22.6 Å². The average molecular weight is 228 g/mol. The number of benzene rings is 1. The highest BCUT2D eigenvalue weighted by Gasteiger charge is 2.05. The first-order chi connectivity index (χ1) is 8.22. The highest BCUT2D eigenvalue weighted by atomic mass is 16.5. The zero-order valence-corrected chi connectivity index (χ0v) is 9.38. The summed E-state index contributed by atoms with van der Waals surface area (Å²) in [5.74, 6) is 0.496. The van der Waals surface area contributed by atoms with Gasteiger partial charge in [0.15, 0.2) is 5.75 Å². The Kier molecular flexibility index (Phi) is 3.10. The molecule has 1 N–H and O–H groups in total. The van der Waals surface area contributed by atoms with Crippen LogP contribution in [0.4, 0.5) is 0 Å². The van der Waals surface area contributed by atoms with E-state index in [0.717, 1.165) is 11.3 Å². The van der Waals surface area contributed by atoms with Gasteiger partial charge in [0, 0.05) is 5.56 Å². The van der Waals surface area contributed by atoms with Gasteiger partial charge in [-0.25, -0.2) is 0 Å². The van der Waals surface area contributed by atoms with Gasteiger partial charge in [0.2, 0.25) is 5.43 Å². The summed E-state index contributed by atoms with van der Waals surface area (Å²) in [6.45, 7) is 0. The fraction of sp³-hybridized carbons (Fsp3) is 0.0714. The molecule has 86 valence electrons. The molecule has 0 atom stereocenters. The van der Waals surface area contributed by atoms with Gasteiger partial charge in [-0.3, -0.25) is 4.79 Å². The number of hydrogen-bond donors (Lipinski definition) is 1. The molecule has 0 radical (unpaired) electrons. The Balaban J connectivity index is 2.57. The second-order valence-electron chi connectivity index (χ2n) is 3.57. The molecule has 0 amide bonds. The lowest BCUT2D eigenvalue weighted by Crippen LogP contribution is -1.94. The van der Waals surface area contributed by atoms with Crippen LogP contribution in [0.3, 0.4) is 0 Å². The molecule has 0 spiro atoms. The van der Waals surface area contributed by atoms with Gasteiger partial charge in [-0.1, -0.05) is 30.3 Å². The maximum atomic E-state index is 11.5. The highest BCUT2D eigenvalue weighted by molar-refractivity contribution is 5.69. The number of methoxy groups -OCH3 is 1. The van der Waals surface area contributed by atoms with Gasteiger partial charge in [-0.15, -0.1) is 0 Å². The van der Waals surface area contributed by atoms with E-state index in [9.17, 15) is 9.90 Å². The van der Waals surface area contributed by atoms with Crippen molar-refractivity contribution >= 4 is 0 Å². The molecule has 2 aromatic carbocycles. The first-order valence-electron chi connectivity index (χ1n) is 5.19. The lowest BCUT2D eigenvalue weighted by atomic mass is 10.1. The zero-order valence-electron chi connectivity index (χ0n) is 9.38. The molecule has 0 aliphatic carbocycles. The van der Waals surface area contributed by atoms with Crippen molar-refractivity contribution < 1.29 is 9.84 Å². The molecule has 0 unspecified atom stereocenters. The lowest BCUT2D eigenvalue weighted by molar-refractivity contribution is 0.415. The minimum Gasteiger partial charge on any atom is -0.504 e. The molecule has 2 rings (SSSR count). The van der Waals surface area contributed by atoms with Crippen LogP contribution >= 0.6 is 0 Å². The molecule has 0 aliphatic rings. The van der Waals surface area contributed by atoms with Crippen LogP contribution in [0.25, 0.3) is 11.1 Å². The number of aromatic hydroxyl groups is 1. The summed E-state index contributed by atoms with van der Waals surface area (Å²) in [7, 11) is 1.59. The molecule has 0 aliphatic heterocycles. The maximum Gasteiger partial charge on any atom is 0.220 e. The van der Waals surface area contributed by atoms with E-state index in [1.807, 2.05) is 0 Å². The molecular weight excluding hydrogens is 216 g/mol. The summed E-state index contributed by atoms with van der Waals surface area (Å²) in [4.78, 5) is 11.5. The van der Waals surface area contributed by atoms with Crippen molar-refractivity contribution in [1.29, 1.82) is 0 Å². The lowest BCUT2D eigenvalue weighted by Gasteiger charge is -2.03. The largest absolute Gasteiger partial charge is 0.504 e. The van der Waals surface area contributed by atoms with Gasteiger partial charge in [0.05, 0.1) is 7.11 Å². The fourth-order valence-corrected chi connectivity index (χ4v) is 1.59. The zero-order chi connectivity index (χ0) is 12.3. The van der Waals surface area contributed by atoms with E-state index >= 15 is 0 Å².